The molecule has 31 heavy (non-hydrogen) atoms. The van der Waals surface area contributed by atoms with Gasteiger partial charge in [-0.3, -0.25) is 14.5 Å². The van der Waals surface area contributed by atoms with Gasteiger partial charge in [0.25, 0.3) is 11.5 Å². The van der Waals surface area contributed by atoms with E-state index in [1.165, 1.54) is 12.8 Å². The predicted octanol–water partition coefficient (Wildman–Crippen LogP) is 2.50. The summed E-state index contributed by atoms with van der Waals surface area (Å²) in [7, 11) is 0. The molecule has 2 aromatic rings. The van der Waals surface area contributed by atoms with Crippen LogP contribution in [0.25, 0.3) is 0 Å². The highest BCUT2D eigenvalue weighted by molar-refractivity contribution is 5.96. The summed E-state index contributed by atoms with van der Waals surface area (Å²) in [6.07, 6.45) is 5.12. The number of hydrogen-bond acceptors (Lipinski definition) is 5. The van der Waals surface area contributed by atoms with Crippen molar-refractivity contribution in [3.8, 4) is 5.88 Å². The summed E-state index contributed by atoms with van der Waals surface area (Å²) in [5, 5.41) is 0. The summed E-state index contributed by atoms with van der Waals surface area (Å²) in [5.41, 5.74) is 2.64. The minimum absolute atomic E-state index is 0.0345. The largest absolute Gasteiger partial charge is 0.477 e. The molecule has 7 heteroatoms. The average Bonchev–Trinajstić information content (AvgIpc) is 3.29. The van der Waals surface area contributed by atoms with Crippen LogP contribution in [-0.4, -0.2) is 58.0 Å². The van der Waals surface area contributed by atoms with Crippen LogP contribution in [0.2, 0.25) is 0 Å². The molecule has 2 fully saturated rings. The zero-order valence-corrected chi connectivity index (χ0v) is 18.1. The minimum atomic E-state index is -0.0345. The van der Waals surface area contributed by atoms with Crippen LogP contribution in [0.1, 0.15) is 53.7 Å². The summed E-state index contributed by atoms with van der Waals surface area (Å²) in [6.45, 7) is 7.26. The number of likely N-dealkylation sites (tertiary alicyclic amines) is 2. The summed E-state index contributed by atoms with van der Waals surface area (Å²) < 4.78 is 7.56. The van der Waals surface area contributed by atoms with Crippen LogP contribution in [0.4, 0.5) is 0 Å². The van der Waals surface area contributed by atoms with E-state index in [4.69, 9.17) is 4.74 Å². The molecule has 1 amide bonds. The van der Waals surface area contributed by atoms with Gasteiger partial charge < -0.3 is 14.2 Å². The van der Waals surface area contributed by atoms with E-state index in [9.17, 15) is 9.59 Å². The number of pyridine rings is 2. The molecule has 5 heterocycles. The molecule has 2 bridgehead atoms. The number of rotatable bonds is 5. The molecule has 3 aliphatic rings. The van der Waals surface area contributed by atoms with E-state index in [-0.39, 0.29) is 17.4 Å². The smallest absolute Gasteiger partial charge is 0.259 e. The molecular formula is C24H30N4O3. The van der Waals surface area contributed by atoms with Crippen LogP contribution in [0.5, 0.6) is 5.88 Å². The van der Waals surface area contributed by atoms with Crippen molar-refractivity contribution in [2.45, 2.75) is 45.2 Å². The van der Waals surface area contributed by atoms with Crippen molar-refractivity contribution in [3.05, 3.63) is 57.6 Å². The van der Waals surface area contributed by atoms with Gasteiger partial charge in [0.1, 0.15) is 5.56 Å². The van der Waals surface area contributed by atoms with Gasteiger partial charge in [-0.2, -0.15) is 0 Å². The predicted molar refractivity (Wildman–Crippen MR) is 117 cm³/mol. The Hall–Kier alpha value is -2.67. The molecule has 3 aliphatic heterocycles. The van der Waals surface area contributed by atoms with Gasteiger partial charge in [-0.15, -0.1) is 0 Å². The molecule has 164 valence electrons. The molecule has 0 spiro atoms. The van der Waals surface area contributed by atoms with Crippen LogP contribution >= 0.6 is 0 Å². The Bertz CT molecular complexity index is 1030. The molecule has 2 atom stereocenters. The normalized spacial score (nSPS) is 22.9. The second-order valence-corrected chi connectivity index (χ2v) is 8.98. The minimum Gasteiger partial charge on any atom is -0.477 e. The second-order valence-electron chi connectivity index (χ2n) is 8.98. The second kappa shape index (κ2) is 8.46. The highest BCUT2D eigenvalue weighted by Crippen LogP contribution is 2.36. The molecule has 0 aliphatic carbocycles. The van der Waals surface area contributed by atoms with Gasteiger partial charge in [0, 0.05) is 49.6 Å². The SMILES string of the molecule is CCOc1ncccc1C(=O)N1C[C@@H]2C[C@H](C1)c1ccc(CN3CCCC3)c(=O)n1C2. The number of carbonyl (C=O) groups is 1. The average molecular weight is 423 g/mol. The van der Waals surface area contributed by atoms with Crippen molar-refractivity contribution < 1.29 is 9.53 Å². The van der Waals surface area contributed by atoms with Gasteiger partial charge in [-0.25, -0.2) is 4.98 Å². The van der Waals surface area contributed by atoms with Gasteiger partial charge in [-0.05, 0) is 63.4 Å². The quantitative estimate of drug-likeness (QED) is 0.741. The van der Waals surface area contributed by atoms with E-state index in [1.807, 2.05) is 22.5 Å². The maximum absolute atomic E-state index is 13.3. The molecule has 7 nitrogen and oxygen atoms in total. The topological polar surface area (TPSA) is 67.7 Å². The maximum atomic E-state index is 13.3. The van der Waals surface area contributed by atoms with Gasteiger partial charge >= 0.3 is 0 Å². The number of aromatic nitrogens is 2. The van der Waals surface area contributed by atoms with Crippen LogP contribution in [0, 0.1) is 5.92 Å². The van der Waals surface area contributed by atoms with Gasteiger partial charge in [-0.1, -0.05) is 6.07 Å². The van der Waals surface area contributed by atoms with Crippen molar-refractivity contribution in [1.29, 1.82) is 0 Å². The molecule has 0 unspecified atom stereocenters. The van der Waals surface area contributed by atoms with E-state index in [0.717, 1.165) is 37.3 Å². The van der Waals surface area contributed by atoms with Gasteiger partial charge in [0.15, 0.2) is 0 Å². The lowest BCUT2D eigenvalue weighted by Crippen LogP contribution is -2.49. The summed E-state index contributed by atoms with van der Waals surface area (Å²) >= 11 is 0. The Morgan fingerprint density at radius 1 is 1.16 bits per heavy atom. The first-order chi connectivity index (χ1) is 15.1. The van der Waals surface area contributed by atoms with Crippen LogP contribution in [0.15, 0.2) is 35.3 Å². The highest BCUT2D eigenvalue weighted by Gasteiger charge is 2.37. The Labute approximate surface area is 182 Å². The Balaban J connectivity index is 1.38. The number of carbonyl (C=O) groups excluding carboxylic acids is 1. The van der Waals surface area contributed by atoms with Crippen LogP contribution in [0.3, 0.4) is 0 Å². The zero-order chi connectivity index (χ0) is 21.4. The van der Waals surface area contributed by atoms with Crippen LogP contribution in [-0.2, 0) is 13.1 Å². The molecule has 0 aromatic carbocycles. The monoisotopic (exact) mass is 422 g/mol. The van der Waals surface area contributed by atoms with Crippen LogP contribution < -0.4 is 10.3 Å². The molecular weight excluding hydrogens is 392 g/mol. The number of nitrogens with zero attached hydrogens (tertiary/aromatic N) is 4. The zero-order valence-electron chi connectivity index (χ0n) is 18.1. The third kappa shape index (κ3) is 3.87. The Kier molecular flexibility index (Phi) is 5.52. The first kappa shape index (κ1) is 20.2. The van der Waals surface area contributed by atoms with Crippen molar-refractivity contribution in [2.24, 2.45) is 5.92 Å². The van der Waals surface area contributed by atoms with E-state index in [1.54, 1.807) is 18.3 Å². The third-order valence-electron chi connectivity index (χ3n) is 6.85. The number of hydrogen-bond donors (Lipinski definition) is 0. The fourth-order valence-corrected chi connectivity index (χ4v) is 5.43. The lowest BCUT2D eigenvalue weighted by molar-refractivity contribution is 0.0589. The number of amides is 1. The van der Waals surface area contributed by atoms with Gasteiger partial charge in [0.2, 0.25) is 5.88 Å². The van der Waals surface area contributed by atoms with Crippen molar-refractivity contribution in [2.75, 3.05) is 32.8 Å². The molecule has 2 saturated heterocycles. The van der Waals surface area contributed by atoms with E-state index in [0.29, 0.717) is 43.6 Å². The molecule has 2 aromatic heterocycles. The van der Waals surface area contributed by atoms with E-state index < -0.39 is 0 Å². The van der Waals surface area contributed by atoms with Crippen molar-refractivity contribution in [1.82, 2.24) is 19.4 Å². The molecule has 0 saturated carbocycles. The first-order valence-electron chi connectivity index (χ1n) is 11.5. The van der Waals surface area contributed by atoms with E-state index in [2.05, 4.69) is 16.0 Å². The fourth-order valence-electron chi connectivity index (χ4n) is 5.43. The van der Waals surface area contributed by atoms with Gasteiger partial charge in [0.05, 0.1) is 6.61 Å². The highest BCUT2D eigenvalue weighted by atomic mass is 16.5. The lowest BCUT2D eigenvalue weighted by Gasteiger charge is -2.43. The molecule has 0 N–H and O–H groups in total. The Morgan fingerprint density at radius 3 is 2.81 bits per heavy atom. The number of piperidine rings is 1. The summed E-state index contributed by atoms with van der Waals surface area (Å²) in [5.74, 6) is 0.848. The first-order valence-corrected chi connectivity index (χ1v) is 11.5. The standard InChI is InChI=1S/C24H30N4O3/c1-2-31-22-20(6-5-9-25-22)24(30)27-13-17-12-19(16-27)21-8-7-18(23(29)28(21)14-17)15-26-10-3-4-11-26/h5-9,17,19H,2-4,10-16H2,1H3/t17-,19+/m0/s1. The summed E-state index contributed by atoms with van der Waals surface area (Å²) in [6, 6.07) is 7.70. The van der Waals surface area contributed by atoms with Crippen molar-refractivity contribution >= 4 is 5.91 Å². The van der Waals surface area contributed by atoms with Crippen molar-refractivity contribution in [3.63, 3.8) is 0 Å². The number of fused-ring (bicyclic) bond motifs is 4. The molecule has 5 rings (SSSR count). The third-order valence-corrected chi connectivity index (χ3v) is 6.85. The summed E-state index contributed by atoms with van der Waals surface area (Å²) in [4.78, 5) is 35.0. The number of ether oxygens (including phenoxy) is 1. The Morgan fingerprint density at radius 2 is 2.00 bits per heavy atom. The lowest BCUT2D eigenvalue weighted by atomic mass is 9.82. The fraction of sp³-hybridized carbons (Fsp3) is 0.542. The van der Waals surface area contributed by atoms with E-state index >= 15 is 0 Å². The molecule has 0 radical (unpaired) electrons. The maximum Gasteiger partial charge on any atom is 0.259 e.